The van der Waals surface area contributed by atoms with Crippen LogP contribution in [0.25, 0.3) is 0 Å². The number of rotatable bonds is 3. The monoisotopic (exact) mass is 239 g/mol. The van der Waals surface area contributed by atoms with Crippen LogP contribution >= 0.6 is 11.6 Å². The molecule has 0 unspecified atom stereocenters. The zero-order valence-electron chi connectivity index (χ0n) is 9.18. The van der Waals surface area contributed by atoms with Crippen LogP contribution in [0.4, 0.5) is 0 Å². The molecule has 0 bridgehead atoms. The summed E-state index contributed by atoms with van der Waals surface area (Å²) in [4.78, 5) is 0. The lowest BCUT2D eigenvalue weighted by molar-refractivity contribution is 0.174. The molecule has 1 aromatic rings. The molecule has 3 rings (SSSR count). The second-order valence-electron chi connectivity index (χ2n) is 4.52. The van der Waals surface area contributed by atoms with E-state index in [0.717, 1.165) is 12.2 Å². The van der Waals surface area contributed by atoms with E-state index in [1.54, 1.807) is 0 Å². The van der Waals surface area contributed by atoms with Crippen molar-refractivity contribution >= 4 is 11.6 Å². The number of ether oxygens (including phenoxy) is 2. The Morgan fingerprint density at radius 3 is 2.88 bits per heavy atom. The Morgan fingerprint density at radius 1 is 1.38 bits per heavy atom. The summed E-state index contributed by atoms with van der Waals surface area (Å²) >= 11 is 6.14. The number of fused-ring (bicyclic) bond motifs is 1. The number of benzene rings is 1. The molecule has 1 aliphatic heterocycles. The molecule has 2 aliphatic rings. The first-order valence-electron chi connectivity index (χ1n) is 5.49. The molecule has 0 atom stereocenters. The van der Waals surface area contributed by atoms with Gasteiger partial charge in [0, 0.05) is 5.54 Å². The molecule has 16 heavy (non-hydrogen) atoms. The highest BCUT2D eigenvalue weighted by Crippen LogP contribution is 2.43. The normalized spacial score (nSPS) is 19.9. The summed E-state index contributed by atoms with van der Waals surface area (Å²) in [5.74, 6) is 1.45. The van der Waals surface area contributed by atoms with Gasteiger partial charge in [0.2, 0.25) is 6.79 Å². The third-order valence-corrected chi connectivity index (χ3v) is 3.69. The second-order valence-corrected chi connectivity index (χ2v) is 4.93. The Balaban J connectivity index is 1.88. The summed E-state index contributed by atoms with van der Waals surface area (Å²) in [5.41, 5.74) is 1.50. The average molecular weight is 240 g/mol. The van der Waals surface area contributed by atoms with E-state index in [1.807, 2.05) is 19.2 Å². The maximum absolute atomic E-state index is 6.14. The highest BCUT2D eigenvalue weighted by molar-refractivity contribution is 6.32. The lowest BCUT2D eigenvalue weighted by Crippen LogP contribution is -2.29. The van der Waals surface area contributed by atoms with Gasteiger partial charge in [0.15, 0.2) is 11.5 Å². The van der Waals surface area contributed by atoms with Crippen LogP contribution in [0.1, 0.15) is 18.4 Å². The van der Waals surface area contributed by atoms with Crippen LogP contribution in [0.5, 0.6) is 11.5 Å². The van der Waals surface area contributed by atoms with E-state index >= 15 is 0 Å². The minimum atomic E-state index is 0.273. The van der Waals surface area contributed by atoms with Gasteiger partial charge in [-0.25, -0.2) is 0 Å². The fourth-order valence-electron chi connectivity index (χ4n) is 2.18. The van der Waals surface area contributed by atoms with Crippen LogP contribution in [-0.4, -0.2) is 19.4 Å². The smallest absolute Gasteiger partial charge is 0.231 e. The summed E-state index contributed by atoms with van der Waals surface area (Å²) in [7, 11) is 2.02. The molecule has 0 radical (unpaired) electrons. The van der Waals surface area contributed by atoms with Gasteiger partial charge in [0.05, 0.1) is 5.02 Å². The van der Waals surface area contributed by atoms with Gasteiger partial charge in [-0.1, -0.05) is 11.6 Å². The van der Waals surface area contributed by atoms with Gasteiger partial charge < -0.3 is 14.8 Å². The van der Waals surface area contributed by atoms with Crippen molar-refractivity contribution in [2.75, 3.05) is 13.8 Å². The van der Waals surface area contributed by atoms with Crippen molar-refractivity contribution in [3.8, 4) is 11.5 Å². The largest absolute Gasteiger partial charge is 0.454 e. The fourth-order valence-corrected chi connectivity index (χ4v) is 2.47. The van der Waals surface area contributed by atoms with E-state index in [1.165, 1.54) is 18.4 Å². The molecule has 1 fully saturated rings. The van der Waals surface area contributed by atoms with Gasteiger partial charge in [-0.2, -0.15) is 0 Å². The van der Waals surface area contributed by atoms with Crippen LogP contribution in [-0.2, 0) is 6.42 Å². The predicted molar refractivity (Wildman–Crippen MR) is 62.3 cm³/mol. The van der Waals surface area contributed by atoms with Gasteiger partial charge in [0.25, 0.3) is 0 Å². The van der Waals surface area contributed by atoms with Crippen molar-refractivity contribution in [3.63, 3.8) is 0 Å². The van der Waals surface area contributed by atoms with E-state index in [2.05, 4.69) is 5.32 Å². The van der Waals surface area contributed by atoms with Crippen molar-refractivity contribution in [1.29, 1.82) is 0 Å². The van der Waals surface area contributed by atoms with E-state index in [0.29, 0.717) is 10.8 Å². The van der Waals surface area contributed by atoms with Crippen LogP contribution in [0.3, 0.4) is 0 Å². The molecule has 0 spiro atoms. The van der Waals surface area contributed by atoms with Crippen molar-refractivity contribution < 1.29 is 9.47 Å². The Labute approximate surface area is 99.7 Å². The summed E-state index contributed by atoms with van der Waals surface area (Å²) < 4.78 is 10.6. The molecule has 4 heteroatoms. The molecular weight excluding hydrogens is 226 g/mol. The molecule has 0 aromatic heterocycles. The van der Waals surface area contributed by atoms with Gasteiger partial charge in [-0.3, -0.25) is 0 Å². The van der Waals surface area contributed by atoms with Crippen molar-refractivity contribution in [1.82, 2.24) is 5.32 Å². The molecule has 1 heterocycles. The van der Waals surface area contributed by atoms with Gasteiger partial charge in [0.1, 0.15) is 0 Å². The first kappa shape index (κ1) is 10.2. The van der Waals surface area contributed by atoms with Gasteiger partial charge in [-0.05, 0) is 44.0 Å². The average Bonchev–Trinajstić information content (AvgIpc) is 2.87. The van der Waals surface area contributed by atoms with E-state index < -0.39 is 0 Å². The summed E-state index contributed by atoms with van der Waals surface area (Å²) in [6.07, 6.45) is 3.46. The summed E-state index contributed by atoms with van der Waals surface area (Å²) in [6, 6.07) is 4.01. The highest BCUT2D eigenvalue weighted by Gasteiger charge is 2.41. The Bertz CT molecular complexity index is 429. The third kappa shape index (κ3) is 1.64. The van der Waals surface area contributed by atoms with Gasteiger partial charge >= 0.3 is 0 Å². The molecule has 86 valence electrons. The summed E-state index contributed by atoms with van der Waals surface area (Å²) in [5, 5.41) is 4.02. The molecule has 0 amide bonds. The van der Waals surface area contributed by atoms with Crippen LogP contribution in [0.15, 0.2) is 12.1 Å². The van der Waals surface area contributed by atoms with E-state index in [4.69, 9.17) is 21.1 Å². The molecular formula is C12H14ClNO2. The topological polar surface area (TPSA) is 30.5 Å². The first-order valence-corrected chi connectivity index (χ1v) is 5.87. The Morgan fingerprint density at radius 2 is 2.19 bits per heavy atom. The van der Waals surface area contributed by atoms with Crippen molar-refractivity contribution in [2.45, 2.75) is 24.8 Å². The predicted octanol–water partition coefficient (Wildman–Crippen LogP) is 2.36. The zero-order valence-corrected chi connectivity index (χ0v) is 9.93. The molecule has 0 saturated heterocycles. The number of hydrogen-bond donors (Lipinski definition) is 1. The van der Waals surface area contributed by atoms with E-state index in [9.17, 15) is 0 Å². The van der Waals surface area contributed by atoms with Crippen LogP contribution in [0, 0.1) is 0 Å². The number of nitrogens with one attached hydrogen (secondary N) is 1. The maximum Gasteiger partial charge on any atom is 0.231 e. The molecule has 3 nitrogen and oxygen atoms in total. The van der Waals surface area contributed by atoms with Crippen LogP contribution in [0.2, 0.25) is 5.02 Å². The third-order valence-electron chi connectivity index (χ3n) is 3.41. The molecule has 1 aliphatic carbocycles. The fraction of sp³-hybridized carbons (Fsp3) is 0.500. The maximum atomic E-state index is 6.14. The molecule has 1 N–H and O–H groups in total. The Hall–Kier alpha value is -0.930. The molecule has 1 saturated carbocycles. The van der Waals surface area contributed by atoms with Gasteiger partial charge in [-0.15, -0.1) is 0 Å². The van der Waals surface area contributed by atoms with Crippen molar-refractivity contribution in [2.24, 2.45) is 0 Å². The SMILES string of the molecule is CNC1(Cc2cc(Cl)c3c(c2)OCO3)CC1. The zero-order chi connectivity index (χ0) is 11.2. The number of likely N-dealkylation sites (N-methyl/N-ethyl adjacent to an activating group) is 1. The number of halogens is 1. The lowest BCUT2D eigenvalue weighted by atomic mass is 10.0. The van der Waals surface area contributed by atoms with E-state index in [-0.39, 0.29) is 12.3 Å². The summed E-state index contributed by atoms with van der Waals surface area (Å²) in [6.45, 7) is 0.273. The standard InChI is InChI=1S/C12H14ClNO2/c1-14-12(2-3-12)6-8-4-9(13)11-10(5-8)15-7-16-11/h4-5,14H,2-3,6-7H2,1H3. The quantitative estimate of drug-likeness (QED) is 0.879. The number of hydrogen-bond acceptors (Lipinski definition) is 3. The second kappa shape index (κ2) is 3.54. The lowest BCUT2D eigenvalue weighted by Gasteiger charge is -2.14. The molecule has 1 aromatic carbocycles. The minimum absolute atomic E-state index is 0.273. The highest BCUT2D eigenvalue weighted by atomic mass is 35.5. The van der Waals surface area contributed by atoms with Crippen molar-refractivity contribution in [3.05, 3.63) is 22.7 Å². The minimum Gasteiger partial charge on any atom is -0.454 e. The van der Waals surface area contributed by atoms with Crippen LogP contribution < -0.4 is 14.8 Å². The Kier molecular flexibility index (Phi) is 2.26. The first-order chi connectivity index (χ1) is 7.72.